The minimum absolute atomic E-state index is 0.0343. The summed E-state index contributed by atoms with van der Waals surface area (Å²) in [6.07, 6.45) is 0.985. The van der Waals surface area contributed by atoms with Crippen molar-refractivity contribution in [1.29, 1.82) is 0 Å². The van der Waals surface area contributed by atoms with E-state index < -0.39 is 0 Å². The number of nitrogens with one attached hydrogen (secondary N) is 1. The van der Waals surface area contributed by atoms with Crippen LogP contribution in [0.15, 0.2) is 0 Å². The molecule has 15 heavy (non-hydrogen) atoms. The second-order valence-corrected chi connectivity index (χ2v) is 3.68. The van der Waals surface area contributed by atoms with Crippen LogP contribution in [0.2, 0.25) is 0 Å². The maximum atomic E-state index is 11.0. The fraction of sp³-hybridized carbons (Fsp3) is 0.900. The number of nitrogens with zero attached hydrogens (tertiary/aromatic N) is 1. The molecule has 0 aromatic carbocycles. The van der Waals surface area contributed by atoms with Crippen LogP contribution < -0.4 is 11.1 Å². The number of hydrogen-bond acceptors (Lipinski definition) is 4. The third kappa shape index (κ3) is 8.35. The molecule has 0 saturated heterocycles. The average molecular weight is 217 g/mol. The van der Waals surface area contributed by atoms with Gasteiger partial charge in [0.05, 0.1) is 12.6 Å². The zero-order valence-corrected chi connectivity index (χ0v) is 9.95. The number of ether oxygens (including phenoxy) is 1. The molecule has 0 rings (SSSR count). The smallest absolute Gasteiger partial charge is 0.233 e. The summed E-state index contributed by atoms with van der Waals surface area (Å²) in [4.78, 5) is 13.1. The summed E-state index contributed by atoms with van der Waals surface area (Å²) in [7, 11) is 4.03. The first-order valence-corrected chi connectivity index (χ1v) is 5.33. The monoisotopic (exact) mass is 217 g/mol. The summed E-state index contributed by atoms with van der Waals surface area (Å²) >= 11 is 0. The minimum Gasteiger partial charge on any atom is -0.377 e. The highest BCUT2D eigenvalue weighted by Crippen LogP contribution is 1.98. The van der Waals surface area contributed by atoms with Crippen molar-refractivity contribution in [3.8, 4) is 0 Å². The Kier molecular flexibility index (Phi) is 8.27. The molecular weight excluding hydrogens is 194 g/mol. The van der Waals surface area contributed by atoms with Crippen LogP contribution in [0.3, 0.4) is 0 Å². The normalized spacial score (nSPS) is 12.9. The molecule has 0 aliphatic carbocycles. The summed E-state index contributed by atoms with van der Waals surface area (Å²) < 4.78 is 5.51. The molecule has 1 unspecified atom stereocenters. The number of rotatable bonds is 8. The van der Waals surface area contributed by atoms with Crippen molar-refractivity contribution < 1.29 is 9.53 Å². The molecule has 0 aromatic rings. The van der Waals surface area contributed by atoms with Gasteiger partial charge in [0.15, 0.2) is 0 Å². The molecule has 0 aliphatic heterocycles. The van der Waals surface area contributed by atoms with Crippen LogP contribution in [0.1, 0.15) is 13.3 Å². The third-order valence-electron chi connectivity index (χ3n) is 2.01. The van der Waals surface area contributed by atoms with Gasteiger partial charge in [0, 0.05) is 19.7 Å². The molecule has 0 aromatic heterocycles. The molecule has 0 saturated carbocycles. The first-order valence-electron chi connectivity index (χ1n) is 5.33. The highest BCUT2D eigenvalue weighted by molar-refractivity contribution is 5.77. The number of carbonyl (C=O) groups excluding carboxylic acids is 1. The van der Waals surface area contributed by atoms with Crippen molar-refractivity contribution in [1.82, 2.24) is 10.2 Å². The van der Waals surface area contributed by atoms with Crippen LogP contribution in [0.5, 0.6) is 0 Å². The number of carbonyl (C=O) groups is 1. The highest BCUT2D eigenvalue weighted by Gasteiger charge is 2.09. The molecule has 0 fully saturated rings. The maximum Gasteiger partial charge on any atom is 0.233 e. The Bertz CT molecular complexity index is 174. The molecule has 0 aliphatic rings. The second-order valence-electron chi connectivity index (χ2n) is 3.68. The van der Waals surface area contributed by atoms with E-state index in [9.17, 15) is 4.79 Å². The molecule has 5 heteroatoms. The fourth-order valence-electron chi connectivity index (χ4n) is 1.18. The Hall–Kier alpha value is -0.650. The van der Waals surface area contributed by atoms with Crippen molar-refractivity contribution in [2.45, 2.75) is 19.4 Å². The molecule has 5 nitrogen and oxygen atoms in total. The van der Waals surface area contributed by atoms with Gasteiger partial charge in [-0.2, -0.15) is 0 Å². The van der Waals surface area contributed by atoms with Gasteiger partial charge < -0.3 is 20.7 Å². The fourth-order valence-corrected chi connectivity index (χ4v) is 1.18. The van der Waals surface area contributed by atoms with Gasteiger partial charge in [-0.15, -0.1) is 0 Å². The molecule has 1 amide bonds. The van der Waals surface area contributed by atoms with Crippen LogP contribution in [-0.2, 0) is 9.53 Å². The molecule has 90 valence electrons. The predicted molar refractivity (Wildman–Crippen MR) is 60.6 cm³/mol. The summed E-state index contributed by atoms with van der Waals surface area (Å²) in [5.74, 6) is -0.135. The van der Waals surface area contributed by atoms with E-state index in [1.54, 1.807) is 0 Å². The lowest BCUT2D eigenvalue weighted by Gasteiger charge is -2.19. The molecule has 3 N–H and O–H groups in total. The molecular formula is C10H23N3O2. The zero-order valence-electron chi connectivity index (χ0n) is 9.95. The highest BCUT2D eigenvalue weighted by atomic mass is 16.5. The van der Waals surface area contributed by atoms with Crippen molar-refractivity contribution >= 4 is 5.91 Å². The molecule has 0 heterocycles. The Labute approximate surface area is 91.9 Å². The van der Waals surface area contributed by atoms with Gasteiger partial charge in [0.2, 0.25) is 5.91 Å². The van der Waals surface area contributed by atoms with E-state index in [4.69, 9.17) is 10.5 Å². The van der Waals surface area contributed by atoms with E-state index in [0.717, 1.165) is 13.0 Å². The Morgan fingerprint density at radius 3 is 2.67 bits per heavy atom. The quantitative estimate of drug-likeness (QED) is 0.571. The summed E-state index contributed by atoms with van der Waals surface area (Å²) in [6.45, 7) is 4.14. The summed E-state index contributed by atoms with van der Waals surface area (Å²) in [6, 6.07) is 0. The van der Waals surface area contributed by atoms with Crippen LogP contribution in [0.4, 0.5) is 0 Å². The van der Waals surface area contributed by atoms with Crippen LogP contribution in [0, 0.1) is 0 Å². The zero-order chi connectivity index (χ0) is 11.7. The van der Waals surface area contributed by atoms with Crippen LogP contribution in [0.25, 0.3) is 0 Å². The van der Waals surface area contributed by atoms with Crippen LogP contribution >= 0.6 is 0 Å². The number of amides is 1. The van der Waals surface area contributed by atoms with E-state index in [-0.39, 0.29) is 18.6 Å². The number of hydrogen-bond donors (Lipinski definition) is 2. The van der Waals surface area contributed by atoms with E-state index >= 15 is 0 Å². The molecule has 0 radical (unpaired) electrons. The van der Waals surface area contributed by atoms with Crippen LogP contribution in [-0.4, -0.2) is 57.2 Å². The van der Waals surface area contributed by atoms with Crippen molar-refractivity contribution in [2.24, 2.45) is 5.73 Å². The Balaban J connectivity index is 3.77. The predicted octanol–water partition coefficient (Wildman–Crippen LogP) is -0.582. The van der Waals surface area contributed by atoms with Crippen molar-refractivity contribution in [3.63, 3.8) is 0 Å². The number of nitrogens with two attached hydrogens (primary N) is 1. The summed E-state index contributed by atoms with van der Waals surface area (Å²) in [5, 5.41) is 2.73. The van der Waals surface area contributed by atoms with Gasteiger partial charge >= 0.3 is 0 Å². The second kappa shape index (κ2) is 8.64. The lowest BCUT2D eigenvalue weighted by atomic mass is 10.2. The minimum atomic E-state index is -0.135. The largest absolute Gasteiger partial charge is 0.377 e. The van der Waals surface area contributed by atoms with Gasteiger partial charge in [-0.05, 0) is 27.4 Å². The van der Waals surface area contributed by atoms with E-state index in [2.05, 4.69) is 10.2 Å². The topological polar surface area (TPSA) is 67.6 Å². The summed E-state index contributed by atoms with van der Waals surface area (Å²) in [5.41, 5.74) is 5.19. The third-order valence-corrected chi connectivity index (χ3v) is 2.01. The van der Waals surface area contributed by atoms with E-state index in [1.165, 1.54) is 0 Å². The van der Waals surface area contributed by atoms with Crippen molar-refractivity contribution in [3.05, 3.63) is 0 Å². The Morgan fingerprint density at radius 2 is 2.20 bits per heavy atom. The first-order chi connectivity index (χ1) is 7.10. The van der Waals surface area contributed by atoms with E-state index in [0.29, 0.717) is 13.2 Å². The average Bonchev–Trinajstić information content (AvgIpc) is 2.21. The van der Waals surface area contributed by atoms with Crippen molar-refractivity contribution in [2.75, 3.05) is 40.3 Å². The first kappa shape index (κ1) is 14.3. The van der Waals surface area contributed by atoms with Gasteiger partial charge in [0.25, 0.3) is 0 Å². The standard InChI is InChI=1S/C10H23N3O2/c1-4-15-9(5-6-13(2)3)8-12-10(14)7-11/h9H,4-8,11H2,1-3H3,(H,12,14). The van der Waals surface area contributed by atoms with E-state index in [1.807, 2.05) is 21.0 Å². The SMILES string of the molecule is CCOC(CCN(C)C)CNC(=O)CN. The van der Waals surface area contributed by atoms with Gasteiger partial charge in [-0.3, -0.25) is 4.79 Å². The van der Waals surface area contributed by atoms with Gasteiger partial charge in [-0.25, -0.2) is 0 Å². The van der Waals surface area contributed by atoms with Gasteiger partial charge in [0.1, 0.15) is 0 Å². The lowest BCUT2D eigenvalue weighted by Crippen LogP contribution is -2.38. The maximum absolute atomic E-state index is 11.0. The molecule has 1 atom stereocenters. The molecule has 0 spiro atoms. The Morgan fingerprint density at radius 1 is 1.53 bits per heavy atom. The van der Waals surface area contributed by atoms with Gasteiger partial charge in [-0.1, -0.05) is 0 Å². The molecule has 0 bridgehead atoms. The lowest BCUT2D eigenvalue weighted by molar-refractivity contribution is -0.120.